The summed E-state index contributed by atoms with van der Waals surface area (Å²) in [5.41, 5.74) is 6.03. The van der Waals surface area contributed by atoms with Gasteiger partial charge >= 0.3 is 11.8 Å². The van der Waals surface area contributed by atoms with Gasteiger partial charge in [-0.2, -0.15) is 0 Å². The number of hydroxylamine groups is 1. The minimum Gasteiger partial charge on any atom is -0.394 e. The van der Waals surface area contributed by atoms with Crippen LogP contribution in [-0.4, -0.2) is 69.5 Å². The van der Waals surface area contributed by atoms with Gasteiger partial charge in [-0.3, -0.25) is 14.4 Å². The lowest BCUT2D eigenvalue weighted by Crippen LogP contribution is -2.50. The maximum absolute atomic E-state index is 10.7. The molecule has 0 spiro atoms. The Morgan fingerprint density at radius 1 is 1.28 bits per heavy atom. The van der Waals surface area contributed by atoms with E-state index in [0.717, 1.165) is 0 Å². The Bertz CT molecular complexity index is 309. The van der Waals surface area contributed by atoms with Crippen LogP contribution in [-0.2, 0) is 19.2 Å². The monoisotopic (exact) mass is 266 g/mol. The Balaban J connectivity index is 4.44. The lowest BCUT2D eigenvalue weighted by Gasteiger charge is -2.25. The SMILES string of the molecule is NC(=O)C(=O)NO[C@H](C=O)[C@@H](O)[C@H](O)[C@H](O)CO. The van der Waals surface area contributed by atoms with E-state index in [1.165, 1.54) is 5.48 Å². The fourth-order valence-corrected chi connectivity index (χ4v) is 0.880. The molecule has 18 heavy (non-hydrogen) atoms. The Labute approximate surface area is 101 Å². The van der Waals surface area contributed by atoms with Crippen molar-refractivity contribution in [1.82, 2.24) is 5.48 Å². The summed E-state index contributed by atoms with van der Waals surface area (Å²) < 4.78 is 0. The number of primary amides is 1. The highest BCUT2D eigenvalue weighted by molar-refractivity contribution is 6.34. The van der Waals surface area contributed by atoms with Crippen LogP contribution in [0.3, 0.4) is 0 Å². The van der Waals surface area contributed by atoms with Gasteiger partial charge in [-0.25, -0.2) is 5.48 Å². The summed E-state index contributed by atoms with van der Waals surface area (Å²) in [5, 5.41) is 36.2. The van der Waals surface area contributed by atoms with Crippen molar-refractivity contribution in [2.24, 2.45) is 5.73 Å². The first-order valence-electron chi connectivity index (χ1n) is 4.70. The number of nitrogens with one attached hydrogen (secondary N) is 1. The number of aliphatic hydroxyl groups excluding tert-OH is 4. The van der Waals surface area contributed by atoms with Crippen LogP contribution in [0.1, 0.15) is 0 Å². The summed E-state index contributed by atoms with van der Waals surface area (Å²) >= 11 is 0. The molecule has 0 aliphatic carbocycles. The van der Waals surface area contributed by atoms with Crippen molar-refractivity contribution in [2.45, 2.75) is 24.4 Å². The molecule has 10 nitrogen and oxygen atoms in total. The molecule has 104 valence electrons. The molecular weight excluding hydrogens is 252 g/mol. The van der Waals surface area contributed by atoms with Crippen LogP contribution in [0.4, 0.5) is 0 Å². The van der Waals surface area contributed by atoms with Gasteiger partial charge in [-0.05, 0) is 0 Å². The van der Waals surface area contributed by atoms with Crippen molar-refractivity contribution < 1.29 is 39.6 Å². The fraction of sp³-hybridized carbons (Fsp3) is 0.625. The molecule has 0 aliphatic heterocycles. The minimum absolute atomic E-state index is 0.0131. The second-order valence-electron chi connectivity index (χ2n) is 3.25. The molecule has 0 bridgehead atoms. The molecule has 2 amide bonds. The average molecular weight is 266 g/mol. The van der Waals surface area contributed by atoms with E-state index < -0.39 is 42.8 Å². The van der Waals surface area contributed by atoms with Crippen LogP contribution in [0, 0.1) is 0 Å². The van der Waals surface area contributed by atoms with E-state index in [1.807, 2.05) is 0 Å². The van der Waals surface area contributed by atoms with Gasteiger partial charge in [0.1, 0.15) is 18.3 Å². The number of aldehydes is 1. The number of hydrogen-bond donors (Lipinski definition) is 6. The van der Waals surface area contributed by atoms with Gasteiger partial charge in [0.2, 0.25) is 0 Å². The lowest BCUT2D eigenvalue weighted by molar-refractivity contribution is -0.168. The third-order valence-corrected chi connectivity index (χ3v) is 1.91. The number of carbonyl (C=O) groups is 3. The van der Waals surface area contributed by atoms with Crippen molar-refractivity contribution in [1.29, 1.82) is 0 Å². The summed E-state index contributed by atoms with van der Waals surface area (Å²) in [6.45, 7) is -0.864. The van der Waals surface area contributed by atoms with Crippen LogP contribution in [0.5, 0.6) is 0 Å². The van der Waals surface area contributed by atoms with Gasteiger partial charge < -0.3 is 31.0 Å². The molecule has 0 radical (unpaired) electrons. The average Bonchev–Trinajstić information content (AvgIpc) is 2.36. The molecule has 0 aliphatic rings. The lowest BCUT2D eigenvalue weighted by atomic mass is 10.0. The molecule has 0 aromatic carbocycles. The van der Waals surface area contributed by atoms with E-state index in [-0.39, 0.29) is 6.29 Å². The van der Waals surface area contributed by atoms with Crippen molar-refractivity contribution in [2.75, 3.05) is 6.61 Å². The van der Waals surface area contributed by atoms with E-state index in [4.69, 9.17) is 10.2 Å². The summed E-state index contributed by atoms with van der Waals surface area (Å²) in [4.78, 5) is 35.9. The maximum atomic E-state index is 10.7. The van der Waals surface area contributed by atoms with E-state index >= 15 is 0 Å². The summed E-state index contributed by atoms with van der Waals surface area (Å²) in [6, 6.07) is 0. The standard InChI is InChI=1S/C8H14N2O8/c9-7(16)8(17)10-18-4(2-12)6(15)5(14)3(13)1-11/h2-6,11,13-15H,1H2,(H2,9,16)(H,10,17)/t3-,4-,5-,6-/m1/s1. The zero-order valence-corrected chi connectivity index (χ0v) is 9.09. The Morgan fingerprint density at radius 2 is 1.83 bits per heavy atom. The first kappa shape index (κ1) is 16.4. The quantitative estimate of drug-likeness (QED) is 0.151. The van der Waals surface area contributed by atoms with Crippen molar-refractivity contribution >= 4 is 18.1 Å². The number of carbonyl (C=O) groups excluding carboxylic acids is 3. The maximum Gasteiger partial charge on any atom is 0.332 e. The van der Waals surface area contributed by atoms with Crippen LogP contribution < -0.4 is 11.2 Å². The molecule has 0 saturated heterocycles. The smallest absolute Gasteiger partial charge is 0.332 e. The molecule has 0 rings (SSSR count). The highest BCUT2D eigenvalue weighted by Crippen LogP contribution is 2.05. The van der Waals surface area contributed by atoms with E-state index in [1.54, 1.807) is 0 Å². The predicted molar refractivity (Wildman–Crippen MR) is 53.4 cm³/mol. The summed E-state index contributed by atoms with van der Waals surface area (Å²) in [7, 11) is 0. The summed E-state index contributed by atoms with van der Waals surface area (Å²) in [6.07, 6.45) is -7.28. The van der Waals surface area contributed by atoms with Gasteiger partial charge in [-0.15, -0.1) is 0 Å². The molecule has 10 heteroatoms. The van der Waals surface area contributed by atoms with Crippen LogP contribution in [0.2, 0.25) is 0 Å². The Kier molecular flexibility index (Phi) is 7.00. The van der Waals surface area contributed by atoms with Gasteiger partial charge in [0.15, 0.2) is 12.4 Å². The Hall–Kier alpha value is -1.59. The molecule has 0 heterocycles. The number of aliphatic hydroxyl groups is 4. The Morgan fingerprint density at radius 3 is 2.22 bits per heavy atom. The number of nitrogens with two attached hydrogens (primary N) is 1. The van der Waals surface area contributed by atoms with Crippen molar-refractivity contribution in [3.05, 3.63) is 0 Å². The van der Waals surface area contributed by atoms with E-state index in [2.05, 4.69) is 10.6 Å². The van der Waals surface area contributed by atoms with Gasteiger partial charge in [0.25, 0.3) is 0 Å². The van der Waals surface area contributed by atoms with Gasteiger partial charge in [0.05, 0.1) is 6.61 Å². The van der Waals surface area contributed by atoms with E-state index in [9.17, 15) is 24.6 Å². The highest BCUT2D eigenvalue weighted by Gasteiger charge is 2.32. The third-order valence-electron chi connectivity index (χ3n) is 1.91. The molecule has 7 N–H and O–H groups in total. The molecule has 0 unspecified atom stereocenters. The number of hydrogen-bond acceptors (Lipinski definition) is 8. The topological polar surface area (TPSA) is 179 Å². The molecular formula is C8H14N2O8. The van der Waals surface area contributed by atoms with Gasteiger partial charge in [0, 0.05) is 0 Å². The van der Waals surface area contributed by atoms with Crippen molar-refractivity contribution in [3.63, 3.8) is 0 Å². The zero-order valence-electron chi connectivity index (χ0n) is 9.09. The third kappa shape index (κ3) is 4.73. The predicted octanol–water partition coefficient (Wildman–Crippen LogP) is -4.84. The molecule has 0 saturated carbocycles. The highest BCUT2D eigenvalue weighted by atomic mass is 16.7. The second-order valence-corrected chi connectivity index (χ2v) is 3.25. The van der Waals surface area contributed by atoms with Gasteiger partial charge in [-0.1, -0.05) is 0 Å². The number of rotatable bonds is 7. The molecule has 0 fully saturated rings. The summed E-state index contributed by atoms with van der Waals surface area (Å²) in [5.74, 6) is -2.75. The molecule has 0 aromatic rings. The molecule has 4 atom stereocenters. The van der Waals surface area contributed by atoms with E-state index in [0.29, 0.717) is 0 Å². The first-order chi connectivity index (χ1) is 8.34. The zero-order chi connectivity index (χ0) is 14.3. The second kappa shape index (κ2) is 7.68. The van der Waals surface area contributed by atoms with Crippen molar-refractivity contribution in [3.8, 4) is 0 Å². The first-order valence-corrected chi connectivity index (χ1v) is 4.70. The van der Waals surface area contributed by atoms with Crippen LogP contribution >= 0.6 is 0 Å². The molecule has 0 aromatic heterocycles. The number of amides is 2. The minimum atomic E-state index is -1.93. The largest absolute Gasteiger partial charge is 0.394 e. The normalized spacial score (nSPS) is 17.3. The fourth-order valence-electron chi connectivity index (χ4n) is 0.880. The van der Waals surface area contributed by atoms with Crippen LogP contribution in [0.15, 0.2) is 0 Å². The van der Waals surface area contributed by atoms with Crippen LogP contribution in [0.25, 0.3) is 0 Å².